The largest absolute Gasteiger partial charge is 0.228 e. The van der Waals surface area contributed by atoms with Crippen LogP contribution >= 0.6 is 11.8 Å². The van der Waals surface area contributed by atoms with E-state index in [9.17, 15) is 8.42 Å². The van der Waals surface area contributed by atoms with Crippen LogP contribution in [0.5, 0.6) is 0 Å². The third kappa shape index (κ3) is 4.51. The summed E-state index contributed by atoms with van der Waals surface area (Å²) >= 11 is 1.72. The van der Waals surface area contributed by atoms with E-state index in [1.807, 2.05) is 6.08 Å². The van der Waals surface area contributed by atoms with Gasteiger partial charge in [0.25, 0.3) is 0 Å². The first-order valence-corrected chi connectivity index (χ1v) is 7.97. The minimum Gasteiger partial charge on any atom is -0.228 e. The Morgan fingerprint density at radius 2 is 2.14 bits per heavy atom. The minimum atomic E-state index is -2.76. The molecule has 0 saturated heterocycles. The Bertz CT molecular complexity index is 291. The molecule has 2 nitrogen and oxygen atoms in total. The van der Waals surface area contributed by atoms with Crippen molar-refractivity contribution in [3.63, 3.8) is 0 Å². The second-order valence-electron chi connectivity index (χ2n) is 3.63. The number of thioether (sulfide) groups is 1. The van der Waals surface area contributed by atoms with Crippen LogP contribution in [0.2, 0.25) is 0 Å². The molecule has 0 aliphatic carbocycles. The molecule has 0 fully saturated rings. The van der Waals surface area contributed by atoms with Gasteiger partial charge in [0, 0.05) is 0 Å². The van der Waals surface area contributed by atoms with Gasteiger partial charge in [0.05, 0.1) is 11.5 Å². The van der Waals surface area contributed by atoms with E-state index >= 15 is 0 Å². The standard InChI is InChI=1S/C10H18O2S2/c1-2-3-4-5-7-13-10-6-8-14(11,12)9-10/h6H,2-5,7-9H2,1H3. The smallest absolute Gasteiger partial charge is 0.158 e. The van der Waals surface area contributed by atoms with Crippen LogP contribution in [0, 0.1) is 0 Å². The highest BCUT2D eigenvalue weighted by molar-refractivity contribution is 8.04. The molecular formula is C10H18O2S2. The van der Waals surface area contributed by atoms with E-state index in [-0.39, 0.29) is 11.5 Å². The van der Waals surface area contributed by atoms with E-state index in [1.54, 1.807) is 11.8 Å². The maximum absolute atomic E-state index is 11.1. The SMILES string of the molecule is CCCCCCSC1=CCS(=O)(=O)C1. The third-order valence-electron chi connectivity index (χ3n) is 2.21. The maximum Gasteiger partial charge on any atom is 0.158 e. The fraction of sp³-hybridized carbons (Fsp3) is 0.800. The van der Waals surface area contributed by atoms with Crippen molar-refractivity contribution in [2.75, 3.05) is 17.3 Å². The number of rotatable bonds is 6. The molecular weight excluding hydrogens is 216 g/mol. The topological polar surface area (TPSA) is 34.1 Å². The zero-order valence-corrected chi connectivity index (χ0v) is 10.3. The first kappa shape index (κ1) is 12.1. The molecule has 0 amide bonds. The van der Waals surface area contributed by atoms with Gasteiger partial charge in [-0.05, 0) is 17.1 Å². The summed E-state index contributed by atoms with van der Waals surface area (Å²) in [4.78, 5) is 1.06. The normalized spacial score (nSPS) is 19.6. The van der Waals surface area contributed by atoms with Crippen LogP contribution in [0.25, 0.3) is 0 Å². The molecule has 0 bridgehead atoms. The first-order chi connectivity index (χ1) is 6.64. The van der Waals surface area contributed by atoms with E-state index in [4.69, 9.17) is 0 Å². The number of sulfone groups is 1. The lowest BCUT2D eigenvalue weighted by molar-refractivity contribution is 0.603. The first-order valence-electron chi connectivity index (χ1n) is 5.16. The zero-order chi connectivity index (χ0) is 10.4. The van der Waals surface area contributed by atoms with Crippen LogP contribution in [-0.2, 0) is 9.84 Å². The molecule has 0 saturated carbocycles. The molecule has 0 spiro atoms. The highest BCUT2D eigenvalue weighted by Crippen LogP contribution is 2.24. The molecule has 0 aromatic heterocycles. The lowest BCUT2D eigenvalue weighted by Crippen LogP contribution is -2.01. The second kappa shape index (κ2) is 5.81. The lowest BCUT2D eigenvalue weighted by atomic mass is 10.2. The van der Waals surface area contributed by atoms with E-state index in [0.717, 1.165) is 10.7 Å². The maximum atomic E-state index is 11.1. The Morgan fingerprint density at radius 3 is 2.71 bits per heavy atom. The van der Waals surface area contributed by atoms with Crippen molar-refractivity contribution >= 4 is 21.6 Å². The van der Waals surface area contributed by atoms with Gasteiger partial charge in [0.2, 0.25) is 0 Å². The van der Waals surface area contributed by atoms with Gasteiger partial charge in [-0.3, -0.25) is 0 Å². The van der Waals surface area contributed by atoms with Crippen molar-refractivity contribution in [2.24, 2.45) is 0 Å². The van der Waals surface area contributed by atoms with Crippen molar-refractivity contribution in [1.82, 2.24) is 0 Å². The molecule has 0 aromatic rings. The van der Waals surface area contributed by atoms with E-state index in [2.05, 4.69) is 6.92 Å². The molecule has 1 heterocycles. The number of unbranched alkanes of at least 4 members (excludes halogenated alkanes) is 3. The molecule has 1 aliphatic heterocycles. The Kier molecular flexibility index (Phi) is 5.02. The van der Waals surface area contributed by atoms with Gasteiger partial charge >= 0.3 is 0 Å². The quantitative estimate of drug-likeness (QED) is 0.663. The second-order valence-corrected chi connectivity index (χ2v) is 6.96. The van der Waals surface area contributed by atoms with Gasteiger partial charge in [0.1, 0.15) is 0 Å². The summed E-state index contributed by atoms with van der Waals surface area (Å²) in [5, 5.41) is 0. The van der Waals surface area contributed by atoms with Gasteiger partial charge in [-0.15, -0.1) is 11.8 Å². The van der Waals surface area contributed by atoms with Gasteiger partial charge in [-0.25, -0.2) is 8.42 Å². The predicted octanol–water partition coefficient (Wildman–Crippen LogP) is 2.61. The Hall–Kier alpha value is 0.0400. The van der Waals surface area contributed by atoms with Crippen LogP contribution in [0.3, 0.4) is 0 Å². The Labute approximate surface area is 91.1 Å². The fourth-order valence-electron chi connectivity index (χ4n) is 1.39. The summed E-state index contributed by atoms with van der Waals surface area (Å²) in [5.41, 5.74) is 0. The minimum absolute atomic E-state index is 0.254. The highest BCUT2D eigenvalue weighted by Gasteiger charge is 2.19. The Balaban J connectivity index is 2.09. The fourth-order valence-corrected chi connectivity index (χ4v) is 4.30. The van der Waals surface area contributed by atoms with Gasteiger partial charge in [-0.2, -0.15) is 0 Å². The van der Waals surface area contributed by atoms with Gasteiger partial charge in [-0.1, -0.05) is 32.3 Å². The molecule has 0 unspecified atom stereocenters. The molecule has 4 heteroatoms. The average Bonchev–Trinajstić information content (AvgIpc) is 2.45. The van der Waals surface area contributed by atoms with Gasteiger partial charge < -0.3 is 0 Å². The van der Waals surface area contributed by atoms with Crippen LogP contribution in [0.1, 0.15) is 32.6 Å². The third-order valence-corrected chi connectivity index (χ3v) is 5.00. The van der Waals surface area contributed by atoms with Crippen LogP contribution in [0.15, 0.2) is 11.0 Å². The number of hydrogen-bond acceptors (Lipinski definition) is 3. The summed E-state index contributed by atoms with van der Waals surface area (Å²) in [6.07, 6.45) is 6.87. The number of hydrogen-bond donors (Lipinski definition) is 0. The summed E-state index contributed by atoms with van der Waals surface area (Å²) in [6.45, 7) is 2.19. The molecule has 0 atom stereocenters. The highest BCUT2D eigenvalue weighted by atomic mass is 32.2. The monoisotopic (exact) mass is 234 g/mol. The molecule has 1 rings (SSSR count). The summed E-state index contributed by atoms with van der Waals surface area (Å²) < 4.78 is 22.2. The van der Waals surface area contributed by atoms with Crippen molar-refractivity contribution < 1.29 is 8.42 Å². The molecule has 14 heavy (non-hydrogen) atoms. The summed E-state index contributed by atoms with van der Waals surface area (Å²) in [7, 11) is -2.76. The predicted molar refractivity (Wildman–Crippen MR) is 63.3 cm³/mol. The average molecular weight is 234 g/mol. The van der Waals surface area contributed by atoms with E-state index < -0.39 is 9.84 Å². The van der Waals surface area contributed by atoms with Crippen molar-refractivity contribution in [2.45, 2.75) is 32.6 Å². The zero-order valence-electron chi connectivity index (χ0n) is 8.66. The van der Waals surface area contributed by atoms with Crippen LogP contribution in [0.4, 0.5) is 0 Å². The van der Waals surface area contributed by atoms with E-state index in [0.29, 0.717) is 0 Å². The van der Waals surface area contributed by atoms with Crippen LogP contribution in [-0.4, -0.2) is 25.7 Å². The lowest BCUT2D eigenvalue weighted by Gasteiger charge is -2.00. The summed E-state index contributed by atoms with van der Waals surface area (Å²) in [6, 6.07) is 0. The van der Waals surface area contributed by atoms with Crippen molar-refractivity contribution in [3.05, 3.63) is 11.0 Å². The Morgan fingerprint density at radius 1 is 1.36 bits per heavy atom. The molecule has 1 aliphatic rings. The van der Waals surface area contributed by atoms with Crippen molar-refractivity contribution in [3.8, 4) is 0 Å². The molecule has 82 valence electrons. The van der Waals surface area contributed by atoms with Gasteiger partial charge in [0.15, 0.2) is 9.84 Å². The summed E-state index contributed by atoms with van der Waals surface area (Å²) in [5.74, 6) is 1.61. The van der Waals surface area contributed by atoms with Crippen molar-refractivity contribution in [1.29, 1.82) is 0 Å². The molecule has 0 aromatic carbocycles. The van der Waals surface area contributed by atoms with E-state index in [1.165, 1.54) is 25.7 Å². The molecule has 0 radical (unpaired) electrons. The molecule has 0 N–H and O–H groups in total. The van der Waals surface area contributed by atoms with Crippen LogP contribution < -0.4 is 0 Å².